The van der Waals surface area contributed by atoms with Crippen molar-refractivity contribution in [2.75, 3.05) is 6.54 Å². The molecule has 26 heavy (non-hydrogen) atoms. The molecule has 1 aromatic heterocycles. The zero-order valence-electron chi connectivity index (χ0n) is 16.0. The van der Waals surface area contributed by atoms with Gasteiger partial charge in [-0.1, -0.05) is 43.7 Å². The quantitative estimate of drug-likeness (QED) is 0.752. The van der Waals surface area contributed by atoms with E-state index in [-0.39, 0.29) is 18.5 Å². The van der Waals surface area contributed by atoms with Crippen LogP contribution in [0.3, 0.4) is 0 Å². The maximum atomic E-state index is 12.6. The third-order valence-electron chi connectivity index (χ3n) is 4.89. The number of carbonyl (C=O) groups is 2. The number of aryl methyl sites for hydroxylation is 1. The zero-order valence-corrected chi connectivity index (χ0v) is 16.0. The van der Waals surface area contributed by atoms with E-state index in [1.807, 2.05) is 45.0 Å². The van der Waals surface area contributed by atoms with Gasteiger partial charge in [-0.15, -0.1) is 0 Å². The number of carboxylic acids is 1. The van der Waals surface area contributed by atoms with Crippen LogP contribution in [0.1, 0.15) is 60.0 Å². The maximum Gasteiger partial charge on any atom is 0.308 e. The van der Waals surface area contributed by atoms with Crippen LogP contribution in [0.15, 0.2) is 36.4 Å². The molecule has 5 heteroatoms. The number of aliphatic carboxylic acids is 1. The Hall–Kier alpha value is -2.56. The molecule has 0 spiro atoms. The SMILES string of the molecule is CCCC(CNC(=O)c1cc(C)n(C(C)c2ccccc2)c1C)C(=O)O. The first kappa shape index (κ1) is 19.8. The van der Waals surface area contributed by atoms with Gasteiger partial charge >= 0.3 is 5.97 Å². The van der Waals surface area contributed by atoms with E-state index in [1.165, 1.54) is 5.56 Å². The third kappa shape index (κ3) is 4.34. The Morgan fingerprint density at radius 3 is 2.42 bits per heavy atom. The van der Waals surface area contributed by atoms with Crippen LogP contribution in [0.2, 0.25) is 0 Å². The highest BCUT2D eigenvalue weighted by Gasteiger charge is 2.22. The normalized spacial score (nSPS) is 13.2. The Morgan fingerprint density at radius 1 is 1.19 bits per heavy atom. The van der Waals surface area contributed by atoms with Crippen molar-refractivity contribution in [2.45, 2.75) is 46.6 Å². The summed E-state index contributed by atoms with van der Waals surface area (Å²) >= 11 is 0. The second-order valence-corrected chi connectivity index (χ2v) is 6.78. The van der Waals surface area contributed by atoms with Crippen LogP contribution < -0.4 is 5.32 Å². The lowest BCUT2D eigenvalue weighted by Crippen LogP contribution is -2.33. The molecule has 0 bridgehead atoms. The lowest BCUT2D eigenvalue weighted by molar-refractivity contribution is -0.141. The molecule has 2 aromatic rings. The van der Waals surface area contributed by atoms with Gasteiger partial charge in [0.05, 0.1) is 17.5 Å². The van der Waals surface area contributed by atoms with Crippen LogP contribution in [-0.2, 0) is 4.79 Å². The van der Waals surface area contributed by atoms with Crippen molar-refractivity contribution in [3.8, 4) is 0 Å². The van der Waals surface area contributed by atoms with Crippen LogP contribution in [0.4, 0.5) is 0 Å². The number of nitrogens with one attached hydrogen (secondary N) is 1. The number of hydrogen-bond acceptors (Lipinski definition) is 2. The standard InChI is InChI=1S/C21H28N2O3/c1-5-9-18(21(25)26)13-22-20(24)19-12-14(2)23(16(19)4)15(3)17-10-7-6-8-11-17/h6-8,10-12,15,18H,5,9,13H2,1-4H3,(H,22,24)(H,25,26). The van der Waals surface area contributed by atoms with Gasteiger partial charge in [0, 0.05) is 17.9 Å². The fourth-order valence-corrected chi connectivity index (χ4v) is 3.46. The number of carboxylic acid groups (broad SMARTS) is 1. The summed E-state index contributed by atoms with van der Waals surface area (Å²) in [6, 6.07) is 12.1. The van der Waals surface area contributed by atoms with Gasteiger partial charge in [0.2, 0.25) is 0 Å². The minimum absolute atomic E-state index is 0.115. The Bertz CT molecular complexity index is 765. The molecule has 140 valence electrons. The first-order valence-corrected chi connectivity index (χ1v) is 9.11. The van der Waals surface area contributed by atoms with Gasteiger partial charge in [-0.25, -0.2) is 0 Å². The summed E-state index contributed by atoms with van der Waals surface area (Å²) in [5.74, 6) is -1.63. The summed E-state index contributed by atoms with van der Waals surface area (Å²) in [6.07, 6.45) is 1.33. The molecular weight excluding hydrogens is 328 g/mol. The number of carbonyl (C=O) groups excluding carboxylic acids is 1. The average Bonchev–Trinajstić information content (AvgIpc) is 2.92. The van der Waals surface area contributed by atoms with E-state index in [4.69, 9.17) is 0 Å². The van der Waals surface area contributed by atoms with Crippen molar-refractivity contribution in [1.29, 1.82) is 0 Å². The number of rotatable bonds is 8. The molecule has 1 aromatic carbocycles. The molecule has 0 saturated carbocycles. The monoisotopic (exact) mass is 356 g/mol. The second-order valence-electron chi connectivity index (χ2n) is 6.78. The lowest BCUT2D eigenvalue weighted by atomic mass is 10.0. The molecule has 0 aliphatic rings. The molecule has 2 atom stereocenters. The van der Waals surface area contributed by atoms with Crippen molar-refractivity contribution in [2.24, 2.45) is 5.92 Å². The summed E-state index contributed by atoms with van der Waals surface area (Å²) in [6.45, 7) is 8.12. The highest BCUT2D eigenvalue weighted by atomic mass is 16.4. The van der Waals surface area contributed by atoms with Crippen molar-refractivity contribution < 1.29 is 14.7 Å². The number of hydrogen-bond donors (Lipinski definition) is 2. The Labute approximate surface area is 155 Å². The number of nitrogens with zero attached hydrogens (tertiary/aromatic N) is 1. The zero-order chi connectivity index (χ0) is 19.3. The van der Waals surface area contributed by atoms with E-state index in [0.717, 1.165) is 17.8 Å². The van der Waals surface area contributed by atoms with Gasteiger partial charge < -0.3 is 15.0 Å². The summed E-state index contributed by atoms with van der Waals surface area (Å²) < 4.78 is 2.14. The predicted molar refractivity (Wildman–Crippen MR) is 103 cm³/mol. The molecule has 1 heterocycles. The molecule has 2 rings (SSSR count). The minimum atomic E-state index is -0.865. The molecule has 1 amide bonds. The van der Waals surface area contributed by atoms with Crippen molar-refractivity contribution in [1.82, 2.24) is 9.88 Å². The van der Waals surface area contributed by atoms with E-state index in [1.54, 1.807) is 0 Å². The molecule has 0 aliphatic heterocycles. The van der Waals surface area contributed by atoms with Gasteiger partial charge in [-0.05, 0) is 38.8 Å². The van der Waals surface area contributed by atoms with Crippen LogP contribution in [0.25, 0.3) is 0 Å². The third-order valence-corrected chi connectivity index (χ3v) is 4.89. The van der Waals surface area contributed by atoms with E-state index in [0.29, 0.717) is 12.0 Å². The molecule has 0 radical (unpaired) electrons. The summed E-state index contributed by atoms with van der Waals surface area (Å²) in [7, 11) is 0. The molecule has 2 N–H and O–H groups in total. The first-order valence-electron chi connectivity index (χ1n) is 9.11. The number of amides is 1. The fraction of sp³-hybridized carbons (Fsp3) is 0.429. The van der Waals surface area contributed by atoms with E-state index in [9.17, 15) is 14.7 Å². The summed E-state index contributed by atoms with van der Waals surface area (Å²) in [5.41, 5.74) is 3.67. The number of aromatic nitrogens is 1. The Morgan fingerprint density at radius 2 is 1.85 bits per heavy atom. The second kappa shape index (κ2) is 8.70. The van der Waals surface area contributed by atoms with Gasteiger partial charge in [0.15, 0.2) is 0 Å². The van der Waals surface area contributed by atoms with Crippen LogP contribution in [0.5, 0.6) is 0 Å². The minimum Gasteiger partial charge on any atom is -0.481 e. The molecule has 2 unspecified atom stereocenters. The molecule has 0 aliphatic carbocycles. The smallest absolute Gasteiger partial charge is 0.308 e. The Balaban J connectivity index is 2.18. The summed E-state index contributed by atoms with van der Waals surface area (Å²) in [5, 5.41) is 12.0. The van der Waals surface area contributed by atoms with Crippen LogP contribution in [0, 0.1) is 19.8 Å². The van der Waals surface area contributed by atoms with Crippen molar-refractivity contribution >= 4 is 11.9 Å². The van der Waals surface area contributed by atoms with Gasteiger partial charge in [-0.3, -0.25) is 9.59 Å². The van der Waals surface area contributed by atoms with Gasteiger partial charge in [-0.2, -0.15) is 0 Å². The topological polar surface area (TPSA) is 71.3 Å². The largest absolute Gasteiger partial charge is 0.481 e. The van der Waals surface area contributed by atoms with E-state index in [2.05, 4.69) is 28.9 Å². The summed E-state index contributed by atoms with van der Waals surface area (Å²) in [4.78, 5) is 23.9. The Kier molecular flexibility index (Phi) is 6.61. The predicted octanol–water partition coefficient (Wildman–Crippen LogP) is 3.94. The van der Waals surface area contributed by atoms with Gasteiger partial charge in [0.1, 0.15) is 0 Å². The molecule has 0 fully saturated rings. The lowest BCUT2D eigenvalue weighted by Gasteiger charge is -2.19. The average molecular weight is 356 g/mol. The highest BCUT2D eigenvalue weighted by molar-refractivity contribution is 5.96. The van der Waals surface area contributed by atoms with Crippen molar-refractivity contribution in [3.63, 3.8) is 0 Å². The fourth-order valence-electron chi connectivity index (χ4n) is 3.46. The highest BCUT2D eigenvalue weighted by Crippen LogP contribution is 2.25. The van der Waals surface area contributed by atoms with Gasteiger partial charge in [0.25, 0.3) is 5.91 Å². The first-order chi connectivity index (χ1) is 12.4. The molecule has 5 nitrogen and oxygen atoms in total. The van der Waals surface area contributed by atoms with Crippen LogP contribution in [-0.4, -0.2) is 28.1 Å². The van der Waals surface area contributed by atoms with E-state index < -0.39 is 11.9 Å². The molecule has 0 saturated heterocycles. The molecular formula is C21H28N2O3. The number of benzene rings is 1. The van der Waals surface area contributed by atoms with E-state index >= 15 is 0 Å². The maximum absolute atomic E-state index is 12.6. The van der Waals surface area contributed by atoms with Crippen molar-refractivity contribution in [3.05, 3.63) is 58.9 Å². The van der Waals surface area contributed by atoms with Crippen LogP contribution >= 0.6 is 0 Å².